The van der Waals surface area contributed by atoms with E-state index < -0.39 is 0 Å². The first-order chi connectivity index (χ1) is 8.94. The van der Waals surface area contributed by atoms with Crippen LogP contribution in [0, 0.1) is 0 Å². The van der Waals surface area contributed by atoms with Crippen molar-refractivity contribution >= 4 is 5.69 Å². The molecule has 3 nitrogen and oxygen atoms in total. The van der Waals surface area contributed by atoms with Crippen LogP contribution in [-0.2, 0) is 11.3 Å². The number of nitrogens with two attached hydrogens (primary N) is 1. The van der Waals surface area contributed by atoms with Crippen molar-refractivity contribution in [1.82, 2.24) is 4.90 Å². The van der Waals surface area contributed by atoms with Gasteiger partial charge in [-0.15, -0.1) is 0 Å². The third-order valence-corrected chi connectivity index (χ3v) is 3.34. The molecule has 0 aromatic heterocycles. The molecule has 1 aromatic carbocycles. The fraction of sp³-hybridized carbons (Fsp3) is 0.625. The maximum atomic E-state index is 5.83. The van der Waals surface area contributed by atoms with Gasteiger partial charge in [-0.25, -0.2) is 0 Å². The van der Waals surface area contributed by atoms with Crippen molar-refractivity contribution in [2.45, 2.75) is 51.8 Å². The van der Waals surface area contributed by atoms with E-state index in [1.807, 2.05) is 12.1 Å². The molecule has 1 aliphatic carbocycles. The van der Waals surface area contributed by atoms with Gasteiger partial charge in [0.1, 0.15) is 0 Å². The van der Waals surface area contributed by atoms with Crippen molar-refractivity contribution in [3.63, 3.8) is 0 Å². The highest BCUT2D eigenvalue weighted by atomic mass is 16.5. The Bertz CT molecular complexity index is 390. The number of anilines is 1. The standard InChI is InChI=1S/C16H26N2O/c1-16(2,3)19-11-10-18(15-8-9-15)12-13-4-6-14(17)7-5-13/h4-7,15H,8-12,17H2,1-3H3. The Morgan fingerprint density at radius 2 is 1.84 bits per heavy atom. The molecule has 0 bridgehead atoms. The van der Waals surface area contributed by atoms with Gasteiger partial charge in [0.25, 0.3) is 0 Å². The molecule has 0 aliphatic heterocycles. The second-order valence-electron chi connectivity index (χ2n) is 6.40. The molecule has 0 unspecified atom stereocenters. The van der Waals surface area contributed by atoms with E-state index in [2.05, 4.69) is 37.8 Å². The molecule has 3 heteroatoms. The fourth-order valence-electron chi connectivity index (χ4n) is 2.16. The lowest BCUT2D eigenvalue weighted by Crippen LogP contribution is -2.32. The molecule has 0 saturated heterocycles. The summed E-state index contributed by atoms with van der Waals surface area (Å²) >= 11 is 0. The van der Waals surface area contributed by atoms with Gasteiger partial charge in [0, 0.05) is 24.8 Å². The van der Waals surface area contributed by atoms with Crippen LogP contribution >= 0.6 is 0 Å². The SMILES string of the molecule is CC(C)(C)OCCN(Cc1ccc(N)cc1)C1CC1. The first-order valence-electron chi connectivity index (χ1n) is 7.16. The number of ether oxygens (including phenoxy) is 1. The summed E-state index contributed by atoms with van der Waals surface area (Å²) in [6.07, 6.45) is 2.65. The smallest absolute Gasteiger partial charge is 0.0600 e. The first-order valence-corrected chi connectivity index (χ1v) is 7.16. The van der Waals surface area contributed by atoms with E-state index in [9.17, 15) is 0 Å². The molecule has 0 amide bonds. The Morgan fingerprint density at radius 1 is 1.21 bits per heavy atom. The third-order valence-electron chi connectivity index (χ3n) is 3.34. The number of hydrogen-bond donors (Lipinski definition) is 1. The summed E-state index contributed by atoms with van der Waals surface area (Å²) in [6.45, 7) is 9.12. The molecule has 0 atom stereocenters. The van der Waals surface area contributed by atoms with Gasteiger partial charge in [-0.2, -0.15) is 0 Å². The molecule has 1 aliphatic rings. The number of nitrogens with zero attached hydrogens (tertiary/aromatic N) is 1. The summed E-state index contributed by atoms with van der Waals surface area (Å²) in [5.41, 5.74) is 7.84. The van der Waals surface area contributed by atoms with Crippen molar-refractivity contribution < 1.29 is 4.74 Å². The highest BCUT2D eigenvalue weighted by Gasteiger charge is 2.28. The summed E-state index contributed by atoms with van der Waals surface area (Å²) in [4.78, 5) is 2.53. The second kappa shape index (κ2) is 5.93. The van der Waals surface area contributed by atoms with Crippen LogP contribution in [0.5, 0.6) is 0 Å². The maximum Gasteiger partial charge on any atom is 0.0600 e. The second-order valence-corrected chi connectivity index (χ2v) is 6.40. The predicted octanol–water partition coefficient (Wildman–Crippen LogP) is 3.05. The Balaban J connectivity index is 1.84. The molecule has 0 spiro atoms. The lowest BCUT2D eigenvalue weighted by molar-refractivity contribution is -0.0148. The minimum atomic E-state index is -0.0452. The van der Waals surface area contributed by atoms with Gasteiger partial charge in [0.2, 0.25) is 0 Å². The first kappa shape index (κ1) is 14.4. The van der Waals surface area contributed by atoms with Gasteiger partial charge in [-0.1, -0.05) is 12.1 Å². The van der Waals surface area contributed by atoms with Crippen LogP contribution in [0.4, 0.5) is 5.69 Å². The van der Waals surface area contributed by atoms with E-state index in [0.717, 1.165) is 31.4 Å². The van der Waals surface area contributed by atoms with Crippen molar-refractivity contribution in [1.29, 1.82) is 0 Å². The Labute approximate surface area is 116 Å². The molecule has 106 valence electrons. The number of rotatable bonds is 6. The lowest BCUT2D eigenvalue weighted by Gasteiger charge is -2.25. The van der Waals surface area contributed by atoms with Crippen LogP contribution in [0.3, 0.4) is 0 Å². The molecular formula is C16H26N2O. The average Bonchev–Trinajstić information content (AvgIpc) is 3.13. The Morgan fingerprint density at radius 3 is 2.37 bits per heavy atom. The zero-order chi connectivity index (χ0) is 13.9. The summed E-state index contributed by atoms with van der Waals surface area (Å²) in [5.74, 6) is 0. The van der Waals surface area contributed by atoms with Crippen LogP contribution in [-0.4, -0.2) is 29.7 Å². The molecule has 1 fully saturated rings. The number of hydrogen-bond acceptors (Lipinski definition) is 3. The minimum absolute atomic E-state index is 0.0452. The van der Waals surface area contributed by atoms with E-state index in [1.54, 1.807) is 0 Å². The molecule has 2 rings (SSSR count). The minimum Gasteiger partial charge on any atom is -0.399 e. The van der Waals surface area contributed by atoms with E-state index in [4.69, 9.17) is 10.5 Å². The van der Waals surface area contributed by atoms with Crippen molar-refractivity contribution in [3.8, 4) is 0 Å². The van der Waals surface area contributed by atoms with Crippen molar-refractivity contribution in [2.24, 2.45) is 0 Å². The number of nitrogen functional groups attached to an aromatic ring is 1. The Kier molecular flexibility index (Phi) is 4.48. The van der Waals surface area contributed by atoms with E-state index in [0.29, 0.717) is 0 Å². The van der Waals surface area contributed by atoms with Crippen LogP contribution in [0.25, 0.3) is 0 Å². The van der Waals surface area contributed by atoms with Crippen molar-refractivity contribution in [2.75, 3.05) is 18.9 Å². The van der Waals surface area contributed by atoms with Crippen LogP contribution in [0.2, 0.25) is 0 Å². The summed E-state index contributed by atoms with van der Waals surface area (Å²) in [7, 11) is 0. The highest BCUT2D eigenvalue weighted by Crippen LogP contribution is 2.28. The van der Waals surface area contributed by atoms with Gasteiger partial charge < -0.3 is 10.5 Å². The number of benzene rings is 1. The summed E-state index contributed by atoms with van der Waals surface area (Å²) in [6, 6.07) is 8.95. The van der Waals surface area contributed by atoms with Crippen LogP contribution in [0.1, 0.15) is 39.2 Å². The molecule has 0 radical (unpaired) electrons. The van der Waals surface area contributed by atoms with Gasteiger partial charge in [0.15, 0.2) is 0 Å². The predicted molar refractivity (Wildman–Crippen MR) is 80.0 cm³/mol. The van der Waals surface area contributed by atoms with Gasteiger partial charge >= 0.3 is 0 Å². The van der Waals surface area contributed by atoms with Crippen LogP contribution in [0.15, 0.2) is 24.3 Å². The largest absolute Gasteiger partial charge is 0.399 e. The average molecular weight is 262 g/mol. The highest BCUT2D eigenvalue weighted by molar-refractivity contribution is 5.39. The van der Waals surface area contributed by atoms with E-state index in [-0.39, 0.29) is 5.60 Å². The molecule has 2 N–H and O–H groups in total. The normalized spacial score (nSPS) is 16.0. The van der Waals surface area contributed by atoms with Gasteiger partial charge in [-0.3, -0.25) is 4.90 Å². The fourth-order valence-corrected chi connectivity index (χ4v) is 2.16. The molecular weight excluding hydrogens is 236 g/mol. The third kappa shape index (κ3) is 5.21. The topological polar surface area (TPSA) is 38.5 Å². The van der Waals surface area contributed by atoms with Crippen LogP contribution < -0.4 is 5.73 Å². The van der Waals surface area contributed by atoms with Crippen molar-refractivity contribution in [3.05, 3.63) is 29.8 Å². The molecule has 1 saturated carbocycles. The Hall–Kier alpha value is -1.06. The molecule has 0 heterocycles. The zero-order valence-corrected chi connectivity index (χ0v) is 12.4. The monoisotopic (exact) mass is 262 g/mol. The lowest BCUT2D eigenvalue weighted by atomic mass is 10.2. The van der Waals surface area contributed by atoms with E-state index >= 15 is 0 Å². The van der Waals surface area contributed by atoms with Gasteiger partial charge in [-0.05, 0) is 51.3 Å². The molecule has 1 aromatic rings. The summed E-state index contributed by atoms with van der Waals surface area (Å²) < 4.78 is 5.83. The van der Waals surface area contributed by atoms with Gasteiger partial charge in [0.05, 0.1) is 12.2 Å². The zero-order valence-electron chi connectivity index (χ0n) is 12.4. The maximum absolute atomic E-state index is 5.83. The molecule has 19 heavy (non-hydrogen) atoms. The summed E-state index contributed by atoms with van der Waals surface area (Å²) in [5, 5.41) is 0. The van der Waals surface area contributed by atoms with E-state index in [1.165, 1.54) is 18.4 Å². The quantitative estimate of drug-likeness (QED) is 0.801.